The number of amides is 4. The van der Waals surface area contributed by atoms with Crippen molar-refractivity contribution in [3.8, 4) is 5.75 Å². The predicted molar refractivity (Wildman–Crippen MR) is 135 cm³/mol. The number of hydrogen-bond acceptors (Lipinski definition) is 6. The van der Waals surface area contributed by atoms with Crippen molar-refractivity contribution in [2.24, 2.45) is 5.73 Å². The summed E-state index contributed by atoms with van der Waals surface area (Å²) in [7, 11) is 0. The molecule has 1 aliphatic rings. The van der Waals surface area contributed by atoms with Gasteiger partial charge in [0, 0.05) is 19.0 Å². The molecule has 10 nitrogen and oxygen atoms in total. The molecule has 0 bridgehead atoms. The monoisotopic (exact) mass is 504 g/mol. The second-order valence-corrected chi connectivity index (χ2v) is 10.2. The molecule has 0 spiro atoms. The maximum atomic E-state index is 14.0. The highest BCUT2D eigenvalue weighted by Crippen LogP contribution is 2.34. The van der Waals surface area contributed by atoms with Crippen LogP contribution in [-0.4, -0.2) is 58.1 Å². The molecule has 4 amide bonds. The van der Waals surface area contributed by atoms with Gasteiger partial charge in [-0.2, -0.15) is 0 Å². The Kier molecular flexibility index (Phi) is 10.6. The average molecular weight is 505 g/mol. The normalized spacial score (nSPS) is 15.2. The number of primary amides is 1. The number of aromatic hydroxyl groups is 1. The molecule has 2 atom stereocenters. The van der Waals surface area contributed by atoms with Gasteiger partial charge in [-0.1, -0.05) is 25.5 Å². The molecule has 1 aliphatic carbocycles. The number of benzene rings is 1. The van der Waals surface area contributed by atoms with Gasteiger partial charge in [-0.15, -0.1) is 0 Å². The summed E-state index contributed by atoms with van der Waals surface area (Å²) in [6, 6.07) is 3.84. The Morgan fingerprint density at radius 1 is 1.17 bits per heavy atom. The Morgan fingerprint density at radius 3 is 2.31 bits per heavy atom. The molecule has 1 aromatic carbocycles. The molecule has 36 heavy (non-hydrogen) atoms. The summed E-state index contributed by atoms with van der Waals surface area (Å²) in [6.45, 7) is 7.58. The topological polar surface area (TPSA) is 151 Å². The van der Waals surface area contributed by atoms with Gasteiger partial charge in [-0.3, -0.25) is 14.4 Å². The van der Waals surface area contributed by atoms with E-state index in [1.54, 1.807) is 32.9 Å². The third-order valence-electron chi connectivity index (χ3n) is 5.96. The Morgan fingerprint density at radius 2 is 1.81 bits per heavy atom. The van der Waals surface area contributed by atoms with Crippen LogP contribution in [0.3, 0.4) is 0 Å². The van der Waals surface area contributed by atoms with Crippen molar-refractivity contribution in [1.82, 2.24) is 15.5 Å². The van der Waals surface area contributed by atoms with Gasteiger partial charge in [0.15, 0.2) is 0 Å². The maximum Gasteiger partial charge on any atom is 0.408 e. The lowest BCUT2D eigenvalue weighted by Gasteiger charge is -2.43. The number of nitrogens with one attached hydrogen (secondary N) is 2. The fraction of sp³-hybridized carbons (Fsp3) is 0.615. The quantitative estimate of drug-likeness (QED) is 0.321. The lowest BCUT2D eigenvalue weighted by atomic mass is 9.87. The number of nitrogens with two attached hydrogens (primary N) is 1. The van der Waals surface area contributed by atoms with E-state index in [1.807, 2.05) is 6.92 Å². The Labute approximate surface area is 212 Å². The minimum atomic E-state index is -1.11. The first-order valence-corrected chi connectivity index (χ1v) is 12.6. The van der Waals surface area contributed by atoms with Gasteiger partial charge in [-0.25, -0.2) is 4.79 Å². The van der Waals surface area contributed by atoms with Gasteiger partial charge < -0.3 is 31.1 Å². The van der Waals surface area contributed by atoms with Crippen LogP contribution in [0.15, 0.2) is 24.3 Å². The summed E-state index contributed by atoms with van der Waals surface area (Å²) in [5.41, 5.74) is 5.08. The smallest absolute Gasteiger partial charge is 0.408 e. The molecule has 5 N–H and O–H groups in total. The third kappa shape index (κ3) is 8.73. The lowest BCUT2D eigenvalue weighted by molar-refractivity contribution is -0.147. The number of hydrogen-bond donors (Lipinski definition) is 4. The van der Waals surface area contributed by atoms with E-state index in [-0.39, 0.29) is 30.5 Å². The molecule has 0 aromatic heterocycles. The lowest BCUT2D eigenvalue weighted by Crippen LogP contribution is -2.57. The van der Waals surface area contributed by atoms with Crippen molar-refractivity contribution in [1.29, 1.82) is 0 Å². The van der Waals surface area contributed by atoms with Crippen LogP contribution in [0.4, 0.5) is 4.79 Å². The molecule has 0 aliphatic heterocycles. The number of carbonyl (C=O) groups excluding carboxylic acids is 4. The number of phenolic OH excluding ortho intramolecular Hbond substituents is 1. The first-order valence-electron chi connectivity index (χ1n) is 12.6. The molecule has 1 saturated carbocycles. The van der Waals surface area contributed by atoms with Gasteiger partial charge in [0.25, 0.3) is 0 Å². The molecule has 2 rings (SSSR count). The molecular formula is C26H40N4O6. The fourth-order valence-corrected chi connectivity index (χ4v) is 3.94. The van der Waals surface area contributed by atoms with E-state index in [9.17, 15) is 24.3 Å². The first kappa shape index (κ1) is 28.9. The maximum absolute atomic E-state index is 14.0. The van der Waals surface area contributed by atoms with Crippen molar-refractivity contribution in [3.05, 3.63) is 29.8 Å². The van der Waals surface area contributed by atoms with Crippen LogP contribution in [0.25, 0.3) is 0 Å². The minimum Gasteiger partial charge on any atom is -0.508 e. The fourth-order valence-electron chi connectivity index (χ4n) is 3.94. The van der Waals surface area contributed by atoms with E-state index in [1.165, 1.54) is 17.0 Å². The summed E-state index contributed by atoms with van der Waals surface area (Å²) in [5, 5.41) is 15.3. The zero-order valence-electron chi connectivity index (χ0n) is 21.7. The largest absolute Gasteiger partial charge is 0.508 e. The van der Waals surface area contributed by atoms with Gasteiger partial charge >= 0.3 is 6.09 Å². The first-order chi connectivity index (χ1) is 16.9. The van der Waals surface area contributed by atoms with Crippen LogP contribution < -0.4 is 16.4 Å². The Hall–Kier alpha value is -3.30. The molecular weight excluding hydrogens is 464 g/mol. The second kappa shape index (κ2) is 13.1. The number of nitrogens with zero attached hydrogens (tertiary/aromatic N) is 1. The second-order valence-electron chi connectivity index (χ2n) is 10.2. The number of ether oxygens (including phenoxy) is 1. The van der Waals surface area contributed by atoms with Crippen molar-refractivity contribution in [2.45, 2.75) is 96.4 Å². The van der Waals surface area contributed by atoms with Crippen molar-refractivity contribution < 1.29 is 29.0 Å². The summed E-state index contributed by atoms with van der Waals surface area (Å²) in [6.07, 6.45) is 3.03. The number of carbonyl (C=O) groups is 4. The van der Waals surface area contributed by atoms with Crippen molar-refractivity contribution >= 4 is 23.8 Å². The highest BCUT2D eigenvalue weighted by molar-refractivity contribution is 5.92. The zero-order valence-corrected chi connectivity index (χ0v) is 21.7. The van der Waals surface area contributed by atoms with E-state index in [4.69, 9.17) is 10.5 Å². The van der Waals surface area contributed by atoms with Gasteiger partial charge in [0.05, 0.1) is 0 Å². The van der Waals surface area contributed by atoms with Gasteiger partial charge in [-0.05, 0) is 70.6 Å². The summed E-state index contributed by atoms with van der Waals surface area (Å²) < 4.78 is 5.33. The number of phenols is 1. The average Bonchev–Trinajstić information content (AvgIpc) is 2.74. The van der Waals surface area contributed by atoms with Crippen LogP contribution >= 0.6 is 0 Å². The van der Waals surface area contributed by atoms with Crippen LogP contribution in [-0.2, 0) is 19.1 Å². The third-order valence-corrected chi connectivity index (χ3v) is 5.96. The molecule has 0 heterocycles. The molecule has 200 valence electrons. The Bertz CT molecular complexity index is 908. The number of unbranched alkanes of at least 4 members (excludes halogenated alkanes) is 1. The highest BCUT2D eigenvalue weighted by atomic mass is 16.6. The van der Waals surface area contributed by atoms with Crippen LogP contribution in [0.1, 0.15) is 84.2 Å². The summed E-state index contributed by atoms with van der Waals surface area (Å²) in [5.74, 6) is -1.41. The zero-order chi connectivity index (χ0) is 26.9. The van der Waals surface area contributed by atoms with E-state index in [2.05, 4.69) is 10.6 Å². The highest BCUT2D eigenvalue weighted by Gasteiger charge is 2.42. The van der Waals surface area contributed by atoms with Gasteiger partial charge in [0.2, 0.25) is 17.7 Å². The van der Waals surface area contributed by atoms with E-state index >= 15 is 0 Å². The number of alkyl carbamates (subject to hydrolysis) is 1. The van der Waals surface area contributed by atoms with Crippen molar-refractivity contribution in [3.63, 3.8) is 0 Å². The predicted octanol–water partition coefficient (Wildman–Crippen LogP) is 2.89. The van der Waals surface area contributed by atoms with Crippen LogP contribution in [0, 0.1) is 0 Å². The van der Waals surface area contributed by atoms with E-state index in [0.29, 0.717) is 24.9 Å². The summed E-state index contributed by atoms with van der Waals surface area (Å²) in [4.78, 5) is 53.0. The molecule has 1 aromatic rings. The molecule has 0 radical (unpaired) electrons. The van der Waals surface area contributed by atoms with Gasteiger partial charge in [0.1, 0.15) is 23.4 Å². The van der Waals surface area contributed by atoms with Crippen molar-refractivity contribution in [2.75, 3.05) is 6.54 Å². The summed E-state index contributed by atoms with van der Waals surface area (Å²) >= 11 is 0. The van der Waals surface area contributed by atoms with E-state index in [0.717, 1.165) is 19.3 Å². The van der Waals surface area contributed by atoms with Crippen LogP contribution in [0.2, 0.25) is 0 Å². The Balaban J connectivity index is 2.44. The van der Waals surface area contributed by atoms with Crippen LogP contribution in [0.5, 0.6) is 5.75 Å². The molecule has 10 heteroatoms. The molecule has 2 unspecified atom stereocenters. The molecule has 0 saturated heterocycles. The standard InChI is InChI=1S/C26H40N4O6/c1-5-6-16-28-23(33)22(17-10-12-19(31)13-11-17)30(18-8-7-9-18)24(34)20(14-15-21(27)32)29-25(35)36-26(2,3)4/h10-13,18,20,22,31H,5-9,14-16H2,1-4H3,(H2,27,32)(H,28,33)(H,29,35). The minimum absolute atomic E-state index is 0.0314. The molecule has 1 fully saturated rings. The number of rotatable bonds is 12. The van der Waals surface area contributed by atoms with E-state index < -0.39 is 35.6 Å². The SMILES string of the molecule is CCCCNC(=O)C(c1ccc(O)cc1)N(C(=O)C(CCC(N)=O)NC(=O)OC(C)(C)C)C1CCC1.